The largest absolute Gasteiger partial charge is 0.433 e. The van der Waals surface area contributed by atoms with E-state index in [0.29, 0.717) is 5.92 Å². The lowest BCUT2D eigenvalue weighted by atomic mass is 10.00. The highest BCUT2D eigenvalue weighted by Crippen LogP contribution is 2.28. The summed E-state index contributed by atoms with van der Waals surface area (Å²) in [5.74, 6) is 0.809. The normalized spacial score (nSPS) is 18.5. The minimum absolute atomic E-state index is 0.187. The van der Waals surface area contributed by atoms with Crippen molar-refractivity contribution < 1.29 is 13.2 Å². The van der Waals surface area contributed by atoms with E-state index in [1.54, 1.807) is 0 Å². The van der Waals surface area contributed by atoms with Gasteiger partial charge < -0.3 is 4.90 Å². The van der Waals surface area contributed by atoms with Crippen molar-refractivity contribution in [3.05, 3.63) is 18.0 Å². The van der Waals surface area contributed by atoms with Gasteiger partial charge in [-0.15, -0.1) is 0 Å². The minimum Gasteiger partial charge on any atom is -0.341 e. The third-order valence-corrected chi connectivity index (χ3v) is 3.00. The molecule has 0 aromatic carbocycles. The fourth-order valence-corrected chi connectivity index (χ4v) is 1.87. The van der Waals surface area contributed by atoms with Crippen molar-refractivity contribution in [2.75, 3.05) is 18.0 Å². The molecule has 0 spiro atoms. The molecule has 94 valence electrons. The van der Waals surface area contributed by atoms with E-state index in [0.717, 1.165) is 32.0 Å². The number of alkyl halides is 3. The second-order valence-corrected chi connectivity index (χ2v) is 4.41. The number of nitrogens with zero attached hydrogens (tertiary/aromatic N) is 3. The van der Waals surface area contributed by atoms with Crippen molar-refractivity contribution in [3.8, 4) is 0 Å². The van der Waals surface area contributed by atoms with Gasteiger partial charge in [0.05, 0.1) is 0 Å². The van der Waals surface area contributed by atoms with Gasteiger partial charge in [0.25, 0.3) is 0 Å². The van der Waals surface area contributed by atoms with Gasteiger partial charge in [0, 0.05) is 19.3 Å². The smallest absolute Gasteiger partial charge is 0.341 e. The Labute approximate surface area is 97.7 Å². The van der Waals surface area contributed by atoms with E-state index in [4.69, 9.17) is 0 Å². The van der Waals surface area contributed by atoms with Crippen LogP contribution in [0.2, 0.25) is 0 Å². The lowest BCUT2D eigenvalue weighted by Gasteiger charge is -2.30. The summed E-state index contributed by atoms with van der Waals surface area (Å²) < 4.78 is 37.5. The Hall–Kier alpha value is -1.33. The molecule has 1 fully saturated rings. The van der Waals surface area contributed by atoms with Crippen LogP contribution < -0.4 is 4.90 Å². The molecule has 2 heterocycles. The van der Waals surface area contributed by atoms with Crippen molar-refractivity contribution >= 4 is 5.95 Å². The van der Waals surface area contributed by atoms with Crippen LogP contribution in [0.15, 0.2) is 12.3 Å². The maximum absolute atomic E-state index is 12.5. The molecule has 0 atom stereocenters. The number of hydrogen-bond donors (Lipinski definition) is 0. The van der Waals surface area contributed by atoms with Crippen LogP contribution in [0, 0.1) is 5.92 Å². The summed E-state index contributed by atoms with van der Waals surface area (Å²) in [6.07, 6.45) is -1.29. The van der Waals surface area contributed by atoms with Crippen molar-refractivity contribution in [3.63, 3.8) is 0 Å². The molecule has 0 saturated carbocycles. The van der Waals surface area contributed by atoms with Crippen molar-refractivity contribution in [2.24, 2.45) is 5.92 Å². The predicted octanol–water partition coefficient (Wildman–Crippen LogP) is 2.73. The molecule has 0 N–H and O–H groups in total. The highest BCUT2D eigenvalue weighted by Gasteiger charge is 2.33. The van der Waals surface area contributed by atoms with Gasteiger partial charge in [-0.3, -0.25) is 0 Å². The third-order valence-electron chi connectivity index (χ3n) is 3.00. The van der Waals surface area contributed by atoms with Gasteiger partial charge in [0.2, 0.25) is 5.95 Å². The molecule has 0 bridgehead atoms. The van der Waals surface area contributed by atoms with Gasteiger partial charge in [-0.25, -0.2) is 9.97 Å². The average molecular weight is 245 g/mol. The maximum atomic E-state index is 12.5. The first kappa shape index (κ1) is 12.1. The van der Waals surface area contributed by atoms with Crippen LogP contribution in [-0.4, -0.2) is 23.1 Å². The zero-order valence-corrected chi connectivity index (χ0v) is 9.54. The first-order valence-corrected chi connectivity index (χ1v) is 5.62. The van der Waals surface area contributed by atoms with E-state index >= 15 is 0 Å². The first-order valence-electron chi connectivity index (χ1n) is 5.62. The molecule has 1 saturated heterocycles. The number of aromatic nitrogens is 2. The Morgan fingerprint density at radius 2 is 1.94 bits per heavy atom. The molecule has 1 aromatic rings. The molecule has 0 aliphatic carbocycles. The van der Waals surface area contributed by atoms with Gasteiger partial charge in [-0.05, 0) is 24.8 Å². The first-order chi connectivity index (χ1) is 7.97. The zero-order chi connectivity index (χ0) is 12.5. The number of rotatable bonds is 1. The monoisotopic (exact) mass is 245 g/mol. The minimum atomic E-state index is -4.40. The quantitative estimate of drug-likeness (QED) is 0.761. The molecule has 0 radical (unpaired) electrons. The second kappa shape index (κ2) is 4.50. The van der Waals surface area contributed by atoms with Gasteiger partial charge in [0.15, 0.2) is 0 Å². The molecule has 3 nitrogen and oxygen atoms in total. The predicted molar refractivity (Wildman–Crippen MR) is 57.6 cm³/mol. The molecule has 0 amide bonds. The Morgan fingerprint density at radius 3 is 2.53 bits per heavy atom. The van der Waals surface area contributed by atoms with Crippen molar-refractivity contribution in [2.45, 2.75) is 25.9 Å². The Bertz CT molecular complexity index is 384. The fourth-order valence-electron chi connectivity index (χ4n) is 1.87. The van der Waals surface area contributed by atoms with Gasteiger partial charge in [0.1, 0.15) is 5.69 Å². The molecule has 1 aliphatic heterocycles. The van der Waals surface area contributed by atoms with Crippen molar-refractivity contribution in [1.29, 1.82) is 0 Å². The molecule has 1 aromatic heterocycles. The number of anilines is 1. The average Bonchev–Trinajstić information content (AvgIpc) is 2.29. The summed E-state index contributed by atoms with van der Waals surface area (Å²) >= 11 is 0. The van der Waals surface area contributed by atoms with E-state index in [2.05, 4.69) is 16.9 Å². The summed E-state index contributed by atoms with van der Waals surface area (Å²) in [6, 6.07) is 0.899. The Morgan fingerprint density at radius 1 is 1.29 bits per heavy atom. The van der Waals surface area contributed by atoms with Gasteiger partial charge >= 0.3 is 6.18 Å². The van der Waals surface area contributed by atoms with E-state index in [9.17, 15) is 13.2 Å². The van der Waals surface area contributed by atoms with Crippen LogP contribution in [-0.2, 0) is 6.18 Å². The summed E-state index contributed by atoms with van der Waals surface area (Å²) in [5, 5.41) is 0. The van der Waals surface area contributed by atoms with Gasteiger partial charge in [-0.1, -0.05) is 6.92 Å². The Kier molecular flexibility index (Phi) is 3.22. The molecule has 17 heavy (non-hydrogen) atoms. The number of piperidine rings is 1. The number of halogens is 3. The topological polar surface area (TPSA) is 29.0 Å². The molecular weight excluding hydrogens is 231 g/mol. The molecule has 1 aliphatic rings. The summed E-state index contributed by atoms with van der Waals surface area (Å²) in [6.45, 7) is 3.59. The standard InChI is InChI=1S/C11H14F3N3/c1-8-3-6-17(7-4-8)10-15-5-2-9(16-10)11(12,13)14/h2,5,8H,3-4,6-7H2,1H3. The lowest BCUT2D eigenvalue weighted by molar-refractivity contribution is -0.141. The zero-order valence-electron chi connectivity index (χ0n) is 9.54. The highest BCUT2D eigenvalue weighted by atomic mass is 19.4. The van der Waals surface area contributed by atoms with Gasteiger partial charge in [-0.2, -0.15) is 13.2 Å². The lowest BCUT2D eigenvalue weighted by Crippen LogP contribution is -2.34. The highest BCUT2D eigenvalue weighted by molar-refractivity contribution is 5.31. The third kappa shape index (κ3) is 2.87. The van der Waals surface area contributed by atoms with Crippen LogP contribution >= 0.6 is 0 Å². The SMILES string of the molecule is CC1CCN(c2nccc(C(F)(F)F)n2)CC1. The molecule has 0 unspecified atom stereocenters. The maximum Gasteiger partial charge on any atom is 0.433 e. The van der Waals surface area contributed by atoms with Crippen LogP contribution in [0.5, 0.6) is 0 Å². The number of hydrogen-bond acceptors (Lipinski definition) is 3. The van der Waals surface area contributed by atoms with Crippen LogP contribution in [0.4, 0.5) is 19.1 Å². The van der Waals surface area contributed by atoms with Crippen LogP contribution in [0.3, 0.4) is 0 Å². The molecule has 2 rings (SSSR count). The second-order valence-electron chi connectivity index (χ2n) is 4.41. The van der Waals surface area contributed by atoms with E-state index < -0.39 is 11.9 Å². The summed E-state index contributed by atoms with van der Waals surface area (Å²) in [7, 11) is 0. The molecule has 6 heteroatoms. The van der Waals surface area contributed by atoms with E-state index in [1.165, 1.54) is 6.20 Å². The van der Waals surface area contributed by atoms with Crippen LogP contribution in [0.25, 0.3) is 0 Å². The fraction of sp³-hybridized carbons (Fsp3) is 0.636. The van der Waals surface area contributed by atoms with Crippen LogP contribution in [0.1, 0.15) is 25.5 Å². The Balaban J connectivity index is 2.16. The van der Waals surface area contributed by atoms with E-state index in [1.807, 2.05) is 4.90 Å². The molecular formula is C11H14F3N3. The van der Waals surface area contributed by atoms with E-state index in [-0.39, 0.29) is 5.95 Å². The van der Waals surface area contributed by atoms with Crippen molar-refractivity contribution in [1.82, 2.24) is 9.97 Å². The summed E-state index contributed by atoms with van der Waals surface area (Å²) in [4.78, 5) is 9.31. The summed E-state index contributed by atoms with van der Waals surface area (Å²) in [5.41, 5.74) is -0.874.